The van der Waals surface area contributed by atoms with Crippen LogP contribution in [0.25, 0.3) is 0 Å². The van der Waals surface area contributed by atoms with Crippen molar-refractivity contribution in [3.05, 3.63) is 52.6 Å². The monoisotopic (exact) mass is 433 g/mol. The number of aromatic nitrogens is 2. The molecule has 2 aliphatic heterocycles. The number of anilines is 2. The molecule has 2 aromatic heterocycles. The van der Waals surface area contributed by atoms with Crippen LogP contribution in [0.1, 0.15) is 18.9 Å². The number of nitrogens with zero attached hydrogens (tertiary/aromatic N) is 3. The van der Waals surface area contributed by atoms with Crippen LogP contribution in [0.3, 0.4) is 0 Å². The van der Waals surface area contributed by atoms with Crippen LogP contribution in [0.15, 0.2) is 41.5 Å². The number of hydrogen-bond acceptors (Lipinski definition) is 6. The van der Waals surface area contributed by atoms with Crippen molar-refractivity contribution in [2.24, 2.45) is 0 Å². The van der Waals surface area contributed by atoms with E-state index in [4.69, 9.17) is 4.74 Å². The van der Waals surface area contributed by atoms with E-state index >= 15 is 0 Å². The number of pyridine rings is 2. The number of piperazine rings is 1. The molecule has 0 spiro atoms. The van der Waals surface area contributed by atoms with Gasteiger partial charge < -0.3 is 15.0 Å². The Labute approximate surface area is 166 Å². The predicted molar refractivity (Wildman–Crippen MR) is 110 cm³/mol. The first-order valence-electron chi connectivity index (χ1n) is 9.21. The molecule has 7 nitrogen and oxygen atoms in total. The summed E-state index contributed by atoms with van der Waals surface area (Å²) in [4.78, 5) is 19.3. The van der Waals surface area contributed by atoms with Crippen LogP contribution in [0, 0.1) is 0 Å². The number of nitrogens with one attached hydrogen (secondary N) is 2. The summed E-state index contributed by atoms with van der Waals surface area (Å²) in [5.74, 6) is 0.629. The molecule has 2 aromatic rings. The maximum atomic E-state index is 12.3. The van der Waals surface area contributed by atoms with Gasteiger partial charge in [-0.05, 0) is 31.5 Å². The van der Waals surface area contributed by atoms with Crippen LogP contribution < -0.4 is 21.2 Å². The SMILES string of the molecule is C[C@@]1(C2CCO2)CNCCN1c1ccc(Nn2cccc(CBr)c2=O)nc1. The zero-order chi connectivity index (χ0) is 18.9. The van der Waals surface area contributed by atoms with Crippen molar-refractivity contribution < 1.29 is 4.74 Å². The van der Waals surface area contributed by atoms with E-state index in [0.29, 0.717) is 16.7 Å². The lowest BCUT2D eigenvalue weighted by Gasteiger charge is -2.53. The average Bonchev–Trinajstić information content (AvgIpc) is 2.63. The summed E-state index contributed by atoms with van der Waals surface area (Å²) in [5.41, 5.74) is 4.66. The van der Waals surface area contributed by atoms with Crippen LogP contribution in [0.5, 0.6) is 0 Å². The third kappa shape index (κ3) is 3.49. The van der Waals surface area contributed by atoms with Gasteiger partial charge in [0.2, 0.25) is 0 Å². The van der Waals surface area contributed by atoms with E-state index < -0.39 is 0 Å². The molecule has 2 atom stereocenters. The summed E-state index contributed by atoms with van der Waals surface area (Å²) in [6.07, 6.45) is 4.90. The van der Waals surface area contributed by atoms with Gasteiger partial charge >= 0.3 is 0 Å². The number of hydrogen-bond donors (Lipinski definition) is 2. The van der Waals surface area contributed by atoms with Crippen molar-refractivity contribution in [2.75, 3.05) is 36.6 Å². The van der Waals surface area contributed by atoms with Crippen molar-refractivity contribution in [1.82, 2.24) is 15.0 Å². The number of ether oxygens (including phenoxy) is 1. The second-order valence-corrected chi connectivity index (χ2v) is 7.75. The molecular weight excluding hydrogens is 410 g/mol. The standard InChI is InChI=1S/C19H24BrN5O2/c1-19(16-6-10-27-16)13-21-7-9-24(19)15-4-5-17(22-12-15)23-25-8-2-3-14(11-20)18(25)26/h2-5,8,12,16,21H,6-7,9-11,13H2,1H3,(H,22,23)/t16?,19-/m0/s1. The molecule has 0 aliphatic carbocycles. The Bertz CT molecular complexity index is 852. The van der Waals surface area contributed by atoms with Crippen molar-refractivity contribution >= 4 is 27.4 Å². The molecule has 144 valence electrons. The third-order valence-corrected chi connectivity index (χ3v) is 6.07. The lowest BCUT2D eigenvalue weighted by atomic mass is 9.85. The molecule has 0 bridgehead atoms. The Kier molecular flexibility index (Phi) is 5.21. The van der Waals surface area contributed by atoms with Crippen molar-refractivity contribution in [1.29, 1.82) is 0 Å². The van der Waals surface area contributed by atoms with Gasteiger partial charge in [-0.3, -0.25) is 10.2 Å². The molecule has 1 unspecified atom stereocenters. The molecule has 2 N–H and O–H groups in total. The first-order valence-corrected chi connectivity index (χ1v) is 10.3. The molecule has 0 aromatic carbocycles. The van der Waals surface area contributed by atoms with Crippen LogP contribution in [-0.4, -0.2) is 47.5 Å². The van der Waals surface area contributed by atoms with Gasteiger partial charge in [0.15, 0.2) is 0 Å². The van der Waals surface area contributed by atoms with E-state index in [-0.39, 0.29) is 17.2 Å². The van der Waals surface area contributed by atoms with E-state index in [1.165, 1.54) is 4.68 Å². The molecule has 27 heavy (non-hydrogen) atoms. The van der Waals surface area contributed by atoms with Crippen LogP contribution in [0.2, 0.25) is 0 Å². The Morgan fingerprint density at radius 2 is 2.30 bits per heavy atom. The molecule has 0 amide bonds. The zero-order valence-electron chi connectivity index (χ0n) is 15.3. The van der Waals surface area contributed by atoms with Gasteiger partial charge in [-0.2, -0.15) is 0 Å². The quantitative estimate of drug-likeness (QED) is 0.702. The fraction of sp³-hybridized carbons (Fsp3) is 0.474. The summed E-state index contributed by atoms with van der Waals surface area (Å²) in [6, 6.07) is 7.60. The highest BCUT2D eigenvalue weighted by Gasteiger charge is 2.45. The van der Waals surface area contributed by atoms with Gasteiger partial charge in [0.05, 0.1) is 23.5 Å². The maximum Gasteiger partial charge on any atom is 0.273 e. The Hall–Kier alpha value is -1.90. The zero-order valence-corrected chi connectivity index (χ0v) is 16.9. The Balaban J connectivity index is 1.54. The molecule has 2 fully saturated rings. The second-order valence-electron chi connectivity index (χ2n) is 7.19. The van der Waals surface area contributed by atoms with Gasteiger partial charge in [0.25, 0.3) is 5.56 Å². The third-order valence-electron chi connectivity index (χ3n) is 5.47. The van der Waals surface area contributed by atoms with Gasteiger partial charge in [-0.15, -0.1) is 0 Å². The van der Waals surface area contributed by atoms with E-state index in [9.17, 15) is 4.79 Å². The van der Waals surface area contributed by atoms with Gasteiger partial charge in [-0.25, -0.2) is 9.66 Å². The normalized spacial score (nSPS) is 25.1. The summed E-state index contributed by atoms with van der Waals surface area (Å²) < 4.78 is 7.26. The van der Waals surface area contributed by atoms with Crippen molar-refractivity contribution in [3.63, 3.8) is 0 Å². The van der Waals surface area contributed by atoms with E-state index in [2.05, 4.69) is 49.5 Å². The topological polar surface area (TPSA) is 71.4 Å². The summed E-state index contributed by atoms with van der Waals surface area (Å²) >= 11 is 3.34. The van der Waals surface area contributed by atoms with E-state index in [1.54, 1.807) is 12.3 Å². The highest BCUT2D eigenvalue weighted by Crippen LogP contribution is 2.34. The molecule has 2 aliphatic rings. The molecule has 8 heteroatoms. The minimum absolute atomic E-state index is 0.0751. The largest absolute Gasteiger partial charge is 0.376 e. The summed E-state index contributed by atoms with van der Waals surface area (Å²) in [5, 5.41) is 4.01. The van der Waals surface area contributed by atoms with Crippen LogP contribution in [-0.2, 0) is 10.1 Å². The van der Waals surface area contributed by atoms with E-state index in [1.807, 2.05) is 18.3 Å². The Morgan fingerprint density at radius 1 is 1.44 bits per heavy atom. The van der Waals surface area contributed by atoms with Crippen LogP contribution >= 0.6 is 15.9 Å². The first kappa shape index (κ1) is 18.5. The van der Waals surface area contributed by atoms with Gasteiger partial charge in [0, 0.05) is 43.3 Å². The molecule has 4 rings (SSSR count). The Morgan fingerprint density at radius 3 is 2.96 bits per heavy atom. The maximum absolute atomic E-state index is 12.3. The van der Waals surface area contributed by atoms with Gasteiger partial charge in [0.1, 0.15) is 5.82 Å². The van der Waals surface area contributed by atoms with E-state index in [0.717, 1.165) is 38.3 Å². The highest BCUT2D eigenvalue weighted by atomic mass is 79.9. The highest BCUT2D eigenvalue weighted by molar-refractivity contribution is 9.08. The van der Waals surface area contributed by atoms with Crippen molar-refractivity contribution in [3.8, 4) is 0 Å². The van der Waals surface area contributed by atoms with Crippen LogP contribution in [0.4, 0.5) is 11.5 Å². The molecule has 2 saturated heterocycles. The average molecular weight is 434 g/mol. The smallest absolute Gasteiger partial charge is 0.273 e. The van der Waals surface area contributed by atoms with Gasteiger partial charge in [-0.1, -0.05) is 22.0 Å². The molecule has 4 heterocycles. The minimum atomic E-state index is -0.0861. The number of rotatable bonds is 5. The summed E-state index contributed by atoms with van der Waals surface area (Å²) in [7, 11) is 0. The summed E-state index contributed by atoms with van der Waals surface area (Å²) in [6.45, 7) is 5.85. The molecule has 0 radical (unpaired) electrons. The fourth-order valence-electron chi connectivity index (χ4n) is 3.78. The molecule has 0 saturated carbocycles. The lowest BCUT2D eigenvalue weighted by Crippen LogP contribution is -2.68. The number of alkyl halides is 1. The molecular formula is C19H24BrN5O2. The minimum Gasteiger partial charge on any atom is -0.376 e. The first-order chi connectivity index (χ1) is 13.1. The second kappa shape index (κ2) is 7.61. The fourth-order valence-corrected chi connectivity index (χ4v) is 4.21. The lowest BCUT2D eigenvalue weighted by molar-refractivity contribution is -0.0938. The predicted octanol–water partition coefficient (Wildman–Crippen LogP) is 1.97. The number of halogens is 1. The van der Waals surface area contributed by atoms with Crippen molar-refractivity contribution in [2.45, 2.75) is 30.3 Å².